The number of alkyl halides is 1. The molecular weight excluding hydrogens is 312 g/mol. The number of carbonyl (C=O) groups excluding carboxylic acids is 2. The van der Waals surface area contributed by atoms with Gasteiger partial charge in [0, 0.05) is 36.3 Å². The zero-order valence-corrected chi connectivity index (χ0v) is 13.9. The molecule has 0 aliphatic carbocycles. The normalized spacial score (nSPS) is 14.0. The zero-order valence-electron chi connectivity index (χ0n) is 13.1. The molecule has 0 bridgehead atoms. The lowest BCUT2D eigenvalue weighted by molar-refractivity contribution is -0.121. The van der Waals surface area contributed by atoms with Gasteiger partial charge in [0.05, 0.1) is 5.52 Å². The van der Waals surface area contributed by atoms with E-state index in [1.165, 1.54) is 5.56 Å². The highest BCUT2D eigenvalue weighted by Gasteiger charge is 2.24. The van der Waals surface area contributed by atoms with Crippen molar-refractivity contribution in [3.05, 3.63) is 35.5 Å². The number of rotatable bonds is 6. The Bertz CT molecular complexity index is 736. The second-order valence-corrected chi connectivity index (χ2v) is 6.30. The molecule has 1 aliphatic rings. The highest BCUT2D eigenvalue weighted by molar-refractivity contribution is 6.17. The standard InChI is InChI=1S/C18H21ClN2O2/c19-11-4-8-17(22)20-12-10-14-13-5-1-2-6-15(13)21-16(14)7-3-9-18(21)23/h1-2,5-6H,3-4,7-12H2,(H,20,22). The number of para-hydroxylation sites is 1. The summed E-state index contributed by atoms with van der Waals surface area (Å²) in [5.74, 6) is 0.728. The Balaban J connectivity index is 1.81. The Labute approximate surface area is 140 Å². The summed E-state index contributed by atoms with van der Waals surface area (Å²) in [6.07, 6.45) is 4.37. The molecule has 0 saturated heterocycles. The van der Waals surface area contributed by atoms with Gasteiger partial charge in [-0.05, 0) is 37.3 Å². The summed E-state index contributed by atoms with van der Waals surface area (Å²) in [7, 11) is 0. The van der Waals surface area contributed by atoms with E-state index in [2.05, 4.69) is 11.4 Å². The number of benzene rings is 1. The molecule has 122 valence electrons. The number of hydrogen-bond donors (Lipinski definition) is 1. The average Bonchev–Trinajstić information content (AvgIpc) is 2.88. The number of halogens is 1. The fraction of sp³-hybridized carbons (Fsp3) is 0.444. The van der Waals surface area contributed by atoms with Crippen LogP contribution in [0.25, 0.3) is 10.9 Å². The Hall–Kier alpha value is -1.81. The van der Waals surface area contributed by atoms with Crippen molar-refractivity contribution in [3.63, 3.8) is 0 Å². The van der Waals surface area contributed by atoms with Crippen molar-refractivity contribution in [2.24, 2.45) is 0 Å². The molecule has 1 amide bonds. The molecule has 5 heteroatoms. The molecular formula is C18H21ClN2O2. The van der Waals surface area contributed by atoms with Crippen molar-refractivity contribution < 1.29 is 9.59 Å². The van der Waals surface area contributed by atoms with E-state index in [1.807, 2.05) is 22.8 Å². The molecule has 1 aliphatic heterocycles. The molecule has 23 heavy (non-hydrogen) atoms. The molecule has 0 radical (unpaired) electrons. The highest BCUT2D eigenvalue weighted by Crippen LogP contribution is 2.30. The van der Waals surface area contributed by atoms with Gasteiger partial charge in [0.15, 0.2) is 0 Å². The molecule has 4 nitrogen and oxygen atoms in total. The first-order chi connectivity index (χ1) is 11.2. The lowest BCUT2D eigenvalue weighted by Gasteiger charge is -2.16. The van der Waals surface area contributed by atoms with E-state index < -0.39 is 0 Å². The minimum atomic E-state index is 0.0408. The van der Waals surface area contributed by atoms with Gasteiger partial charge in [0.2, 0.25) is 11.8 Å². The second-order valence-electron chi connectivity index (χ2n) is 5.92. The number of nitrogens with zero attached hydrogens (tertiary/aromatic N) is 1. The van der Waals surface area contributed by atoms with Gasteiger partial charge in [-0.25, -0.2) is 0 Å². The van der Waals surface area contributed by atoms with Crippen molar-refractivity contribution in [3.8, 4) is 0 Å². The van der Waals surface area contributed by atoms with E-state index in [4.69, 9.17) is 11.6 Å². The SMILES string of the molecule is O=C(CCCCl)NCCc1c2n(c3ccccc13)C(=O)CCC2. The van der Waals surface area contributed by atoms with Gasteiger partial charge >= 0.3 is 0 Å². The van der Waals surface area contributed by atoms with Crippen molar-refractivity contribution in [2.45, 2.75) is 38.5 Å². The largest absolute Gasteiger partial charge is 0.356 e. The van der Waals surface area contributed by atoms with Crippen molar-refractivity contribution in [1.29, 1.82) is 0 Å². The second kappa shape index (κ2) is 7.18. The minimum absolute atomic E-state index is 0.0408. The van der Waals surface area contributed by atoms with Gasteiger partial charge < -0.3 is 5.32 Å². The van der Waals surface area contributed by atoms with Gasteiger partial charge in [-0.3, -0.25) is 14.2 Å². The van der Waals surface area contributed by atoms with Crippen molar-refractivity contribution >= 4 is 34.3 Å². The molecule has 3 rings (SSSR count). The van der Waals surface area contributed by atoms with Crippen LogP contribution in [0.2, 0.25) is 0 Å². The number of carbonyl (C=O) groups is 2. The summed E-state index contributed by atoms with van der Waals surface area (Å²) < 4.78 is 1.88. The van der Waals surface area contributed by atoms with E-state index in [0.717, 1.165) is 35.9 Å². The fourth-order valence-electron chi connectivity index (χ4n) is 3.35. The van der Waals surface area contributed by atoms with E-state index in [0.29, 0.717) is 31.7 Å². The Morgan fingerprint density at radius 1 is 1.26 bits per heavy atom. The van der Waals surface area contributed by atoms with Gasteiger partial charge in [-0.15, -0.1) is 11.6 Å². The summed E-state index contributed by atoms with van der Waals surface area (Å²) in [5, 5.41) is 4.08. The Kier molecular flexibility index (Phi) is 5.01. The van der Waals surface area contributed by atoms with Crippen molar-refractivity contribution in [1.82, 2.24) is 9.88 Å². The molecule has 2 heterocycles. The molecule has 1 aromatic carbocycles. The summed E-state index contributed by atoms with van der Waals surface area (Å²) in [6.45, 7) is 0.594. The van der Waals surface area contributed by atoms with Crippen LogP contribution in [0.15, 0.2) is 24.3 Å². The lowest BCUT2D eigenvalue weighted by Crippen LogP contribution is -2.26. The van der Waals surface area contributed by atoms with Gasteiger partial charge in [-0.1, -0.05) is 18.2 Å². The van der Waals surface area contributed by atoms with E-state index in [-0.39, 0.29) is 11.8 Å². The summed E-state index contributed by atoms with van der Waals surface area (Å²) in [4.78, 5) is 24.0. The summed E-state index contributed by atoms with van der Waals surface area (Å²) in [5.41, 5.74) is 3.32. The first-order valence-corrected chi connectivity index (χ1v) is 8.73. The van der Waals surface area contributed by atoms with Crippen LogP contribution in [0.3, 0.4) is 0 Å². The molecule has 0 fully saturated rings. The minimum Gasteiger partial charge on any atom is -0.356 e. The van der Waals surface area contributed by atoms with Gasteiger partial charge in [0.25, 0.3) is 0 Å². The molecule has 0 saturated carbocycles. The van der Waals surface area contributed by atoms with Crippen LogP contribution in [0.5, 0.6) is 0 Å². The topological polar surface area (TPSA) is 51.1 Å². The fourth-order valence-corrected chi connectivity index (χ4v) is 3.48. The van der Waals surface area contributed by atoms with Crippen LogP contribution >= 0.6 is 11.6 Å². The first-order valence-electron chi connectivity index (χ1n) is 8.19. The first kappa shape index (κ1) is 16.1. The summed E-state index contributed by atoms with van der Waals surface area (Å²) >= 11 is 5.60. The number of hydrogen-bond acceptors (Lipinski definition) is 2. The van der Waals surface area contributed by atoms with E-state index in [9.17, 15) is 9.59 Å². The maximum Gasteiger partial charge on any atom is 0.231 e. The average molecular weight is 333 g/mol. The predicted octanol–water partition coefficient (Wildman–Crippen LogP) is 3.30. The van der Waals surface area contributed by atoms with Gasteiger partial charge in [0.1, 0.15) is 0 Å². The third kappa shape index (κ3) is 3.27. The van der Waals surface area contributed by atoms with Crippen LogP contribution in [-0.4, -0.2) is 28.8 Å². The van der Waals surface area contributed by atoms with Crippen LogP contribution in [0.1, 0.15) is 41.7 Å². The van der Waals surface area contributed by atoms with E-state index >= 15 is 0 Å². The van der Waals surface area contributed by atoms with Crippen molar-refractivity contribution in [2.75, 3.05) is 12.4 Å². The lowest BCUT2D eigenvalue weighted by atomic mass is 10.0. The molecule has 0 unspecified atom stereocenters. The third-order valence-electron chi connectivity index (χ3n) is 4.38. The number of amides is 1. The molecule has 1 aromatic heterocycles. The Morgan fingerprint density at radius 2 is 2.09 bits per heavy atom. The Morgan fingerprint density at radius 3 is 2.91 bits per heavy atom. The summed E-state index contributed by atoms with van der Waals surface area (Å²) in [6, 6.07) is 8.04. The van der Waals surface area contributed by atoms with Crippen LogP contribution < -0.4 is 5.32 Å². The van der Waals surface area contributed by atoms with E-state index in [1.54, 1.807) is 0 Å². The number of fused-ring (bicyclic) bond motifs is 3. The zero-order chi connectivity index (χ0) is 16.2. The monoisotopic (exact) mass is 332 g/mol. The molecule has 0 atom stereocenters. The number of aromatic nitrogens is 1. The van der Waals surface area contributed by atoms with Crippen LogP contribution in [0.4, 0.5) is 0 Å². The number of nitrogens with one attached hydrogen (secondary N) is 1. The maximum atomic E-state index is 12.3. The highest BCUT2D eigenvalue weighted by atomic mass is 35.5. The van der Waals surface area contributed by atoms with Gasteiger partial charge in [-0.2, -0.15) is 0 Å². The molecule has 1 N–H and O–H groups in total. The van der Waals surface area contributed by atoms with Crippen LogP contribution in [0, 0.1) is 0 Å². The maximum absolute atomic E-state index is 12.3. The molecule has 2 aromatic rings. The molecule has 0 spiro atoms. The predicted molar refractivity (Wildman–Crippen MR) is 92.2 cm³/mol. The smallest absolute Gasteiger partial charge is 0.231 e. The quantitative estimate of drug-likeness (QED) is 0.825. The third-order valence-corrected chi connectivity index (χ3v) is 4.64. The van der Waals surface area contributed by atoms with Crippen LogP contribution in [-0.2, 0) is 17.6 Å².